The van der Waals surface area contributed by atoms with Crippen LogP contribution in [0.3, 0.4) is 0 Å². The number of halogens is 1. The molecule has 2 rings (SSSR count). The predicted octanol–water partition coefficient (Wildman–Crippen LogP) is 3.21. The molecule has 114 valence electrons. The van der Waals surface area contributed by atoms with Gasteiger partial charge in [0.05, 0.1) is 10.9 Å². The highest BCUT2D eigenvalue weighted by Crippen LogP contribution is 2.27. The van der Waals surface area contributed by atoms with Crippen molar-refractivity contribution in [3.05, 3.63) is 45.9 Å². The molecular weight excluding hydrogens is 311 g/mol. The van der Waals surface area contributed by atoms with Gasteiger partial charge in [0, 0.05) is 16.1 Å². The number of nitrogens with one attached hydrogen (secondary N) is 1. The first kappa shape index (κ1) is 15.9. The highest BCUT2D eigenvalue weighted by atomic mass is 32.2. The van der Waals surface area contributed by atoms with Crippen LogP contribution in [0.25, 0.3) is 0 Å². The molecule has 0 saturated heterocycles. The van der Waals surface area contributed by atoms with Gasteiger partial charge in [-0.2, -0.15) is 0 Å². The van der Waals surface area contributed by atoms with E-state index < -0.39 is 15.8 Å². The molecule has 0 bridgehead atoms. The quantitative estimate of drug-likeness (QED) is 0.828. The van der Waals surface area contributed by atoms with E-state index in [0.717, 1.165) is 10.9 Å². The fourth-order valence-electron chi connectivity index (χ4n) is 2.04. The zero-order valence-electron chi connectivity index (χ0n) is 11.8. The lowest BCUT2D eigenvalue weighted by atomic mass is 10.2. The van der Waals surface area contributed by atoms with Crippen LogP contribution in [0, 0.1) is 12.7 Å². The molecule has 0 aliphatic carbocycles. The van der Waals surface area contributed by atoms with E-state index in [2.05, 4.69) is 4.72 Å². The van der Waals surface area contributed by atoms with E-state index >= 15 is 0 Å². The normalized spacial score (nSPS) is 13.3. The molecule has 0 spiro atoms. The first-order chi connectivity index (χ1) is 9.85. The Balaban J connectivity index is 2.39. The zero-order chi connectivity index (χ0) is 15.6. The van der Waals surface area contributed by atoms with E-state index in [9.17, 15) is 12.8 Å². The van der Waals surface area contributed by atoms with Crippen molar-refractivity contribution in [1.82, 2.24) is 4.72 Å². The van der Waals surface area contributed by atoms with Crippen LogP contribution in [0.15, 0.2) is 34.5 Å². The molecule has 0 amide bonds. The summed E-state index contributed by atoms with van der Waals surface area (Å²) in [5.41, 5.74) is 5.71. The minimum atomic E-state index is -3.84. The second-order valence-corrected chi connectivity index (χ2v) is 7.39. The van der Waals surface area contributed by atoms with Crippen LogP contribution >= 0.6 is 11.3 Å². The highest BCUT2D eigenvalue weighted by Gasteiger charge is 2.24. The first-order valence-corrected chi connectivity index (χ1v) is 8.82. The Labute approximate surface area is 127 Å². The fraction of sp³-hybridized carbons (Fsp3) is 0.286. The Morgan fingerprint density at radius 2 is 2.14 bits per heavy atom. The molecule has 3 N–H and O–H groups in total. The summed E-state index contributed by atoms with van der Waals surface area (Å²) in [6.45, 7) is 3.31. The van der Waals surface area contributed by atoms with E-state index in [4.69, 9.17) is 5.73 Å². The fourth-order valence-corrected chi connectivity index (χ4v) is 4.56. The third-order valence-electron chi connectivity index (χ3n) is 3.20. The Bertz CT molecular complexity index is 728. The van der Waals surface area contributed by atoms with Crippen molar-refractivity contribution in [3.8, 4) is 0 Å². The minimum Gasteiger partial charge on any atom is -0.399 e. The number of rotatable bonds is 5. The third-order valence-corrected chi connectivity index (χ3v) is 5.78. The van der Waals surface area contributed by atoms with E-state index in [-0.39, 0.29) is 22.2 Å². The molecule has 0 fully saturated rings. The maximum atomic E-state index is 13.7. The molecule has 1 unspecified atom stereocenters. The van der Waals surface area contributed by atoms with Gasteiger partial charge in [-0.15, -0.1) is 11.3 Å². The van der Waals surface area contributed by atoms with Gasteiger partial charge < -0.3 is 5.73 Å². The van der Waals surface area contributed by atoms with Gasteiger partial charge in [-0.1, -0.05) is 13.0 Å². The molecule has 0 aliphatic rings. The summed E-state index contributed by atoms with van der Waals surface area (Å²) in [6.07, 6.45) is 0.601. The summed E-state index contributed by atoms with van der Waals surface area (Å²) < 4.78 is 41.3. The van der Waals surface area contributed by atoms with E-state index in [1.54, 1.807) is 0 Å². The molecule has 0 radical (unpaired) electrons. The summed E-state index contributed by atoms with van der Waals surface area (Å²) in [5, 5.41) is 1.89. The monoisotopic (exact) mass is 328 g/mol. The van der Waals surface area contributed by atoms with Gasteiger partial charge in [-0.05, 0) is 36.9 Å². The summed E-state index contributed by atoms with van der Waals surface area (Å²) in [7, 11) is -3.84. The molecular formula is C14H17FN2O2S2. The molecule has 2 aromatic rings. The number of hydrogen-bond acceptors (Lipinski definition) is 4. The lowest BCUT2D eigenvalue weighted by Gasteiger charge is -2.17. The van der Waals surface area contributed by atoms with Gasteiger partial charge in [-0.25, -0.2) is 17.5 Å². The van der Waals surface area contributed by atoms with Crippen molar-refractivity contribution >= 4 is 27.0 Å². The van der Waals surface area contributed by atoms with Gasteiger partial charge in [-0.3, -0.25) is 0 Å². The van der Waals surface area contributed by atoms with E-state index in [1.165, 1.54) is 24.3 Å². The van der Waals surface area contributed by atoms with Crippen molar-refractivity contribution in [2.75, 3.05) is 5.73 Å². The molecule has 4 nitrogen and oxygen atoms in total. The number of benzene rings is 1. The number of anilines is 1. The predicted molar refractivity (Wildman–Crippen MR) is 83.2 cm³/mol. The van der Waals surface area contributed by atoms with Crippen LogP contribution in [0.2, 0.25) is 0 Å². The Morgan fingerprint density at radius 3 is 2.71 bits per heavy atom. The number of thiophene rings is 1. The SMILES string of the molecule is CCC(NS(=O)(=O)c1cc(N)cc(F)c1C)c1cccs1. The average molecular weight is 328 g/mol. The standard InChI is InChI=1S/C14H17FN2O2S2/c1-3-12(13-5-4-6-20-13)17-21(18,19)14-8-10(16)7-11(15)9(14)2/h4-8,12,17H,3,16H2,1-2H3. The van der Waals surface area contributed by atoms with Crippen molar-refractivity contribution in [3.63, 3.8) is 0 Å². The van der Waals surface area contributed by atoms with E-state index in [0.29, 0.717) is 6.42 Å². The van der Waals surface area contributed by atoms with Crippen LogP contribution in [0.5, 0.6) is 0 Å². The van der Waals surface area contributed by atoms with Crippen LogP contribution in [-0.4, -0.2) is 8.42 Å². The smallest absolute Gasteiger partial charge is 0.241 e. The van der Waals surface area contributed by atoms with Crippen LogP contribution in [0.1, 0.15) is 29.8 Å². The zero-order valence-corrected chi connectivity index (χ0v) is 13.4. The summed E-state index contributed by atoms with van der Waals surface area (Å²) in [6, 6.07) is 5.79. The number of nitrogens with two attached hydrogens (primary N) is 1. The molecule has 1 aromatic carbocycles. The second kappa shape index (κ2) is 6.13. The van der Waals surface area contributed by atoms with E-state index in [1.807, 2.05) is 24.4 Å². The maximum Gasteiger partial charge on any atom is 0.241 e. The first-order valence-electron chi connectivity index (χ1n) is 6.46. The van der Waals surface area contributed by atoms with Gasteiger partial charge in [0.2, 0.25) is 10.0 Å². The van der Waals surface area contributed by atoms with Crippen molar-refractivity contribution in [1.29, 1.82) is 0 Å². The third kappa shape index (κ3) is 3.42. The van der Waals surface area contributed by atoms with Crippen LogP contribution in [0.4, 0.5) is 10.1 Å². The highest BCUT2D eigenvalue weighted by molar-refractivity contribution is 7.89. The summed E-state index contributed by atoms with van der Waals surface area (Å²) >= 11 is 1.48. The minimum absolute atomic E-state index is 0.0673. The molecule has 21 heavy (non-hydrogen) atoms. The number of sulfonamides is 1. The molecule has 7 heteroatoms. The van der Waals surface area contributed by atoms with Gasteiger partial charge in [0.25, 0.3) is 0 Å². The molecule has 1 aromatic heterocycles. The largest absolute Gasteiger partial charge is 0.399 e. The van der Waals surface area contributed by atoms with Crippen molar-refractivity contribution in [2.45, 2.75) is 31.2 Å². The number of hydrogen-bond donors (Lipinski definition) is 2. The summed E-state index contributed by atoms with van der Waals surface area (Å²) in [4.78, 5) is 0.804. The lowest BCUT2D eigenvalue weighted by Crippen LogP contribution is -2.28. The van der Waals surface area contributed by atoms with Gasteiger partial charge >= 0.3 is 0 Å². The van der Waals surface area contributed by atoms with Crippen LogP contribution < -0.4 is 10.5 Å². The topological polar surface area (TPSA) is 72.2 Å². The van der Waals surface area contributed by atoms with Gasteiger partial charge in [0.15, 0.2) is 0 Å². The number of nitrogen functional groups attached to an aromatic ring is 1. The molecule has 0 saturated carbocycles. The summed E-state index contributed by atoms with van der Waals surface area (Å²) in [5.74, 6) is -0.625. The van der Waals surface area contributed by atoms with Crippen molar-refractivity contribution in [2.24, 2.45) is 0 Å². The molecule has 0 aliphatic heterocycles. The maximum absolute atomic E-state index is 13.7. The van der Waals surface area contributed by atoms with Crippen LogP contribution in [-0.2, 0) is 10.0 Å². The second-order valence-electron chi connectivity index (χ2n) is 4.72. The molecule has 1 heterocycles. The lowest BCUT2D eigenvalue weighted by molar-refractivity contribution is 0.549. The Kier molecular flexibility index (Phi) is 4.65. The Hall–Kier alpha value is -1.44. The van der Waals surface area contributed by atoms with Crippen molar-refractivity contribution < 1.29 is 12.8 Å². The Morgan fingerprint density at radius 1 is 1.43 bits per heavy atom. The van der Waals surface area contributed by atoms with Gasteiger partial charge in [0.1, 0.15) is 5.82 Å². The average Bonchev–Trinajstić information content (AvgIpc) is 2.94. The molecule has 1 atom stereocenters.